The number of aliphatic hydroxyl groups excluding tert-OH is 1. The molecule has 2 heterocycles. The van der Waals surface area contributed by atoms with Crippen molar-refractivity contribution in [3.05, 3.63) is 12.2 Å². The molecule has 1 saturated heterocycles. The minimum atomic E-state index is -3.96. The van der Waals surface area contributed by atoms with Crippen LogP contribution < -0.4 is 15.4 Å². The molecule has 7 atom stereocenters. The summed E-state index contributed by atoms with van der Waals surface area (Å²) in [5.41, 5.74) is -2.35. The number of ether oxygens (including phenoxy) is 2. The van der Waals surface area contributed by atoms with E-state index in [2.05, 4.69) is 15.4 Å². The molecule has 14 heteroatoms. The molecule has 4 N–H and O–H groups in total. The molecule has 0 aromatic rings. The van der Waals surface area contributed by atoms with E-state index in [1.54, 1.807) is 40.7 Å². The standard InChI is InChI=1S/C28H44N4O9S/c1-16-9-7-8-10-18-14-28(18,24(36)31-42(38,39)27(6)11-12-27)30-22(34)20-13-19(33)15-32(20)23(35)21(17(2)40-16)29-25(37)41-26(3,4)5/h8,10,16-21,33H,7,9,11-15H2,1-6H3,(H,29,37)(H,30,34)(H,31,36)/b10-8-/t16-,17+,18-,19-,20+,21+,28-/m1/s1. The highest BCUT2D eigenvalue weighted by atomic mass is 32.2. The van der Waals surface area contributed by atoms with E-state index in [-0.39, 0.29) is 25.5 Å². The fourth-order valence-electron chi connectivity index (χ4n) is 5.47. The highest BCUT2D eigenvalue weighted by molar-refractivity contribution is 7.91. The summed E-state index contributed by atoms with van der Waals surface area (Å²) in [7, 11) is -3.96. The monoisotopic (exact) mass is 612 g/mol. The van der Waals surface area contributed by atoms with Crippen molar-refractivity contribution in [3.8, 4) is 0 Å². The fraction of sp³-hybridized carbons (Fsp3) is 0.786. The lowest BCUT2D eigenvalue weighted by Gasteiger charge is -2.33. The number of nitrogens with one attached hydrogen (secondary N) is 3. The molecular weight excluding hydrogens is 568 g/mol. The number of fused-ring (bicyclic) bond motifs is 2. The SMILES string of the molecule is C[C@@H]1CC/C=C\[C@@H]2C[C@@]2(C(=O)NS(=O)(=O)C2(C)CC2)NC(=O)[C@@H]2C[C@@H](O)CN2C(=O)[C@@H](NC(=O)OC(C)(C)C)[C@H](C)O1. The average molecular weight is 613 g/mol. The minimum Gasteiger partial charge on any atom is -0.444 e. The highest BCUT2D eigenvalue weighted by Crippen LogP contribution is 2.47. The number of aliphatic hydroxyl groups is 1. The Morgan fingerprint density at radius 1 is 1.21 bits per heavy atom. The zero-order valence-corrected chi connectivity index (χ0v) is 26.0. The smallest absolute Gasteiger partial charge is 0.408 e. The van der Waals surface area contributed by atoms with Gasteiger partial charge in [-0.25, -0.2) is 13.2 Å². The van der Waals surface area contributed by atoms with Crippen molar-refractivity contribution in [1.82, 2.24) is 20.3 Å². The van der Waals surface area contributed by atoms with Gasteiger partial charge in [0.15, 0.2) is 0 Å². The van der Waals surface area contributed by atoms with Gasteiger partial charge in [-0.3, -0.25) is 19.1 Å². The number of carbonyl (C=O) groups is 4. The van der Waals surface area contributed by atoms with Crippen LogP contribution in [0.25, 0.3) is 0 Å². The first kappa shape index (κ1) is 32.2. The van der Waals surface area contributed by atoms with Crippen molar-refractivity contribution in [2.24, 2.45) is 5.92 Å². The van der Waals surface area contributed by atoms with E-state index in [1.807, 2.05) is 13.0 Å². The Kier molecular flexibility index (Phi) is 8.76. The third-order valence-corrected chi connectivity index (χ3v) is 10.6. The maximum atomic E-state index is 13.9. The van der Waals surface area contributed by atoms with E-state index in [1.165, 1.54) is 4.90 Å². The van der Waals surface area contributed by atoms with Crippen LogP contribution in [0.1, 0.15) is 80.1 Å². The van der Waals surface area contributed by atoms with E-state index < -0.39 is 79.9 Å². The number of carbonyl (C=O) groups excluding carboxylic acids is 4. The summed E-state index contributed by atoms with van der Waals surface area (Å²) in [6.45, 7) is 9.92. The van der Waals surface area contributed by atoms with Gasteiger partial charge < -0.3 is 30.1 Å². The minimum absolute atomic E-state index is 0.100. The van der Waals surface area contributed by atoms with Gasteiger partial charge in [-0.05, 0) is 73.6 Å². The molecule has 0 aromatic carbocycles. The fourth-order valence-corrected chi connectivity index (χ4v) is 6.78. The summed E-state index contributed by atoms with van der Waals surface area (Å²) in [5, 5.41) is 15.8. The second-order valence-corrected chi connectivity index (χ2v) is 15.5. The maximum Gasteiger partial charge on any atom is 0.408 e. The van der Waals surface area contributed by atoms with Crippen molar-refractivity contribution >= 4 is 33.8 Å². The van der Waals surface area contributed by atoms with Crippen LogP contribution in [0.5, 0.6) is 0 Å². The van der Waals surface area contributed by atoms with Gasteiger partial charge in [-0.1, -0.05) is 12.2 Å². The van der Waals surface area contributed by atoms with Gasteiger partial charge in [0, 0.05) is 18.9 Å². The topological polar surface area (TPSA) is 180 Å². The molecule has 4 amide bonds. The quantitative estimate of drug-likeness (QED) is 0.335. The van der Waals surface area contributed by atoms with Crippen LogP contribution >= 0.6 is 0 Å². The molecule has 0 aromatic heterocycles. The summed E-state index contributed by atoms with van der Waals surface area (Å²) >= 11 is 0. The van der Waals surface area contributed by atoms with Gasteiger partial charge in [-0.15, -0.1) is 0 Å². The molecule has 4 aliphatic rings. The highest BCUT2D eigenvalue weighted by Gasteiger charge is 2.63. The Morgan fingerprint density at radius 2 is 1.88 bits per heavy atom. The number of alkyl carbamates (subject to hydrolysis) is 1. The zero-order chi connectivity index (χ0) is 31.3. The van der Waals surface area contributed by atoms with E-state index in [0.717, 1.165) is 0 Å². The van der Waals surface area contributed by atoms with Crippen LogP contribution in [0.4, 0.5) is 4.79 Å². The van der Waals surface area contributed by atoms with Gasteiger partial charge in [0.2, 0.25) is 21.8 Å². The molecular formula is C28H44N4O9S. The van der Waals surface area contributed by atoms with Gasteiger partial charge in [0.25, 0.3) is 5.91 Å². The lowest BCUT2D eigenvalue weighted by molar-refractivity contribution is -0.144. The Bertz CT molecular complexity index is 1240. The zero-order valence-electron chi connectivity index (χ0n) is 25.1. The molecule has 2 saturated carbocycles. The number of nitrogens with zero attached hydrogens (tertiary/aromatic N) is 1. The number of sulfonamides is 1. The summed E-state index contributed by atoms with van der Waals surface area (Å²) < 4.78 is 38.3. The number of hydrogen-bond acceptors (Lipinski definition) is 9. The predicted octanol–water partition coefficient (Wildman–Crippen LogP) is 0.859. The first-order valence-corrected chi connectivity index (χ1v) is 16.0. The molecule has 0 spiro atoms. The second kappa shape index (κ2) is 11.4. The molecule has 0 unspecified atom stereocenters. The molecule has 0 radical (unpaired) electrons. The van der Waals surface area contributed by atoms with Gasteiger partial charge in [0.05, 0.1) is 23.1 Å². The summed E-state index contributed by atoms with van der Waals surface area (Å²) in [6, 6.07) is -2.41. The summed E-state index contributed by atoms with van der Waals surface area (Å²) in [4.78, 5) is 54.9. The lowest BCUT2D eigenvalue weighted by Crippen LogP contribution is -2.60. The van der Waals surface area contributed by atoms with Crippen LogP contribution in [0.15, 0.2) is 12.2 Å². The Hall–Kier alpha value is -2.71. The third-order valence-electron chi connectivity index (χ3n) is 8.42. The van der Waals surface area contributed by atoms with Crippen molar-refractivity contribution in [3.63, 3.8) is 0 Å². The van der Waals surface area contributed by atoms with Crippen LogP contribution in [-0.4, -0.2) is 95.1 Å². The molecule has 42 heavy (non-hydrogen) atoms. The van der Waals surface area contributed by atoms with Crippen LogP contribution in [-0.2, 0) is 33.9 Å². The first-order valence-electron chi connectivity index (χ1n) is 14.6. The molecule has 0 bridgehead atoms. The molecule has 3 fully saturated rings. The Balaban J connectivity index is 1.63. The predicted molar refractivity (Wildman–Crippen MR) is 151 cm³/mol. The Morgan fingerprint density at radius 3 is 2.50 bits per heavy atom. The van der Waals surface area contributed by atoms with Gasteiger partial charge in [-0.2, -0.15) is 0 Å². The average Bonchev–Trinajstić information content (AvgIpc) is 3.74. The number of allylic oxidation sites excluding steroid dienone is 1. The number of rotatable bonds is 4. The van der Waals surface area contributed by atoms with Crippen molar-refractivity contribution in [1.29, 1.82) is 0 Å². The summed E-state index contributed by atoms with van der Waals surface area (Å²) in [6.07, 6.45) is 2.73. The summed E-state index contributed by atoms with van der Waals surface area (Å²) in [5.74, 6) is -2.63. The number of hydrogen-bond donors (Lipinski definition) is 4. The molecule has 2 aliphatic heterocycles. The lowest BCUT2D eigenvalue weighted by atomic mass is 10.1. The van der Waals surface area contributed by atoms with E-state index in [0.29, 0.717) is 25.7 Å². The van der Waals surface area contributed by atoms with E-state index in [9.17, 15) is 32.7 Å². The Labute approximate surface area is 247 Å². The second-order valence-electron chi connectivity index (χ2n) is 13.3. The molecule has 13 nitrogen and oxygen atoms in total. The molecule has 236 valence electrons. The first-order chi connectivity index (χ1) is 19.4. The molecule has 4 rings (SSSR count). The van der Waals surface area contributed by atoms with Crippen molar-refractivity contribution in [2.75, 3.05) is 6.54 Å². The van der Waals surface area contributed by atoms with E-state index >= 15 is 0 Å². The molecule has 2 aliphatic carbocycles. The van der Waals surface area contributed by atoms with Crippen LogP contribution in [0.3, 0.4) is 0 Å². The normalized spacial score (nSPS) is 35.8. The van der Waals surface area contributed by atoms with Gasteiger partial charge in [0.1, 0.15) is 23.2 Å². The van der Waals surface area contributed by atoms with Crippen LogP contribution in [0.2, 0.25) is 0 Å². The number of amides is 4. The van der Waals surface area contributed by atoms with E-state index in [4.69, 9.17) is 9.47 Å². The van der Waals surface area contributed by atoms with Crippen molar-refractivity contribution in [2.45, 2.75) is 126 Å². The third kappa shape index (κ3) is 6.91. The van der Waals surface area contributed by atoms with Crippen molar-refractivity contribution < 1.29 is 42.2 Å². The van der Waals surface area contributed by atoms with Crippen LogP contribution in [0, 0.1) is 5.92 Å². The maximum absolute atomic E-state index is 13.9. The largest absolute Gasteiger partial charge is 0.444 e. The van der Waals surface area contributed by atoms with Gasteiger partial charge >= 0.3 is 6.09 Å².